The first-order chi connectivity index (χ1) is 11.3. The molecule has 0 radical (unpaired) electrons. The molecule has 0 spiro atoms. The van der Waals surface area contributed by atoms with Crippen LogP contribution in [0.3, 0.4) is 0 Å². The van der Waals surface area contributed by atoms with Gasteiger partial charge in [-0.2, -0.15) is 0 Å². The van der Waals surface area contributed by atoms with Gasteiger partial charge in [0.25, 0.3) is 0 Å². The van der Waals surface area contributed by atoms with Crippen molar-refractivity contribution < 1.29 is 4.74 Å². The molecule has 1 aromatic heterocycles. The average Bonchev–Trinajstić information content (AvgIpc) is 2.61. The van der Waals surface area contributed by atoms with Gasteiger partial charge in [0.1, 0.15) is 5.82 Å². The Balaban J connectivity index is 1.67. The van der Waals surface area contributed by atoms with Crippen LogP contribution in [0.25, 0.3) is 0 Å². The van der Waals surface area contributed by atoms with Gasteiger partial charge in [-0.05, 0) is 38.5 Å². The summed E-state index contributed by atoms with van der Waals surface area (Å²) in [5.74, 6) is 2.57. The third-order valence-electron chi connectivity index (χ3n) is 5.13. The fourth-order valence-corrected chi connectivity index (χ4v) is 3.62. The molecule has 0 amide bonds. The molecule has 3 heteroatoms. The number of nitrogens with zero attached hydrogens (tertiary/aromatic N) is 2. The van der Waals surface area contributed by atoms with Crippen LogP contribution >= 0.6 is 0 Å². The van der Waals surface area contributed by atoms with Gasteiger partial charge in [0.15, 0.2) is 0 Å². The van der Waals surface area contributed by atoms with Gasteiger partial charge in [0, 0.05) is 30.5 Å². The minimum atomic E-state index is 0.576. The van der Waals surface area contributed by atoms with Crippen molar-refractivity contribution in [1.82, 2.24) is 9.97 Å². The summed E-state index contributed by atoms with van der Waals surface area (Å²) >= 11 is 0. The Morgan fingerprint density at radius 1 is 0.957 bits per heavy atom. The van der Waals surface area contributed by atoms with Crippen LogP contribution in [0.5, 0.6) is 0 Å². The highest BCUT2D eigenvalue weighted by molar-refractivity contribution is 5.07. The molecule has 3 nitrogen and oxygen atoms in total. The highest BCUT2D eigenvalue weighted by atomic mass is 16.5. The van der Waals surface area contributed by atoms with Crippen LogP contribution in [-0.2, 0) is 11.3 Å². The van der Waals surface area contributed by atoms with E-state index in [4.69, 9.17) is 4.74 Å². The van der Waals surface area contributed by atoms with Crippen molar-refractivity contribution >= 4 is 0 Å². The molecule has 2 rings (SSSR count). The average molecular weight is 319 g/mol. The predicted molar refractivity (Wildman–Crippen MR) is 95.4 cm³/mol. The smallest absolute Gasteiger partial charge is 0.131 e. The molecule has 0 saturated heterocycles. The molecule has 0 unspecified atom stereocenters. The first-order valence-corrected chi connectivity index (χ1v) is 9.72. The second-order valence-electron chi connectivity index (χ2n) is 7.01. The Labute approximate surface area is 142 Å². The van der Waals surface area contributed by atoms with Crippen molar-refractivity contribution in [2.45, 2.75) is 90.6 Å². The minimum absolute atomic E-state index is 0.576. The number of ether oxygens (including phenoxy) is 1. The third kappa shape index (κ3) is 6.58. The van der Waals surface area contributed by atoms with Crippen molar-refractivity contribution in [2.24, 2.45) is 5.92 Å². The van der Waals surface area contributed by atoms with Gasteiger partial charge in [-0.25, -0.2) is 9.97 Å². The summed E-state index contributed by atoms with van der Waals surface area (Å²) in [7, 11) is 0. The van der Waals surface area contributed by atoms with Gasteiger partial charge in [-0.15, -0.1) is 0 Å². The number of hydrogen-bond donors (Lipinski definition) is 0. The molecular formula is C20H34N2O. The zero-order valence-corrected chi connectivity index (χ0v) is 15.1. The summed E-state index contributed by atoms with van der Waals surface area (Å²) in [6.07, 6.45) is 17.6. The van der Waals surface area contributed by atoms with Crippen LogP contribution in [0.15, 0.2) is 12.4 Å². The van der Waals surface area contributed by atoms with E-state index in [1.165, 1.54) is 64.2 Å². The molecule has 130 valence electrons. The molecule has 0 N–H and O–H groups in total. The highest BCUT2D eigenvalue weighted by Crippen LogP contribution is 2.36. The van der Waals surface area contributed by atoms with Crippen LogP contribution in [0, 0.1) is 5.92 Å². The van der Waals surface area contributed by atoms with Gasteiger partial charge in [-0.3, -0.25) is 0 Å². The molecule has 1 heterocycles. The van der Waals surface area contributed by atoms with Gasteiger partial charge in [0.05, 0.1) is 6.61 Å². The molecule has 1 fully saturated rings. The zero-order chi connectivity index (χ0) is 16.3. The van der Waals surface area contributed by atoms with Gasteiger partial charge >= 0.3 is 0 Å². The van der Waals surface area contributed by atoms with E-state index in [0.29, 0.717) is 12.5 Å². The molecule has 1 saturated carbocycles. The lowest BCUT2D eigenvalue weighted by Gasteiger charge is -2.27. The van der Waals surface area contributed by atoms with E-state index in [9.17, 15) is 0 Å². The largest absolute Gasteiger partial charge is 0.377 e. The van der Waals surface area contributed by atoms with Crippen molar-refractivity contribution in [3.8, 4) is 0 Å². The molecule has 0 aromatic carbocycles. The van der Waals surface area contributed by atoms with E-state index >= 15 is 0 Å². The third-order valence-corrected chi connectivity index (χ3v) is 5.13. The van der Waals surface area contributed by atoms with Crippen molar-refractivity contribution in [3.05, 3.63) is 23.8 Å². The molecule has 1 aromatic rings. The molecular weight excluding hydrogens is 284 g/mol. The molecule has 23 heavy (non-hydrogen) atoms. The topological polar surface area (TPSA) is 35.0 Å². The van der Waals surface area contributed by atoms with Crippen LogP contribution in [-0.4, -0.2) is 16.6 Å². The SMILES string of the molecule is CCCCCCC[C@H]1CC[C@H](c2ncc(COCC)cn2)CC1. The maximum atomic E-state index is 5.40. The standard InChI is InChI=1S/C20H34N2O/c1-3-5-6-7-8-9-17-10-12-19(13-11-17)20-21-14-18(15-22-20)16-23-4-2/h14-15,17,19H,3-13,16H2,1-2H3/t17-,19-. The predicted octanol–water partition coefficient (Wildman–Crippen LogP) is 5.65. The second kappa shape index (κ2) is 10.7. The maximum Gasteiger partial charge on any atom is 0.131 e. The van der Waals surface area contributed by atoms with Crippen LogP contribution in [0.1, 0.15) is 95.4 Å². The van der Waals surface area contributed by atoms with Crippen LogP contribution in [0.4, 0.5) is 0 Å². The van der Waals surface area contributed by atoms with E-state index in [-0.39, 0.29) is 0 Å². The summed E-state index contributed by atoms with van der Waals surface area (Å²) in [4.78, 5) is 9.17. The van der Waals surface area contributed by atoms with Crippen molar-refractivity contribution in [3.63, 3.8) is 0 Å². The van der Waals surface area contributed by atoms with E-state index in [1.807, 2.05) is 19.3 Å². The molecule has 0 atom stereocenters. The summed E-state index contributed by atoms with van der Waals surface area (Å²) in [5.41, 5.74) is 1.08. The fraction of sp³-hybridized carbons (Fsp3) is 0.800. The normalized spacial score (nSPS) is 21.5. The van der Waals surface area contributed by atoms with E-state index in [2.05, 4.69) is 16.9 Å². The van der Waals surface area contributed by atoms with Gasteiger partial charge in [-0.1, -0.05) is 45.4 Å². The van der Waals surface area contributed by atoms with Gasteiger partial charge < -0.3 is 4.74 Å². The lowest BCUT2D eigenvalue weighted by Crippen LogP contribution is -2.15. The highest BCUT2D eigenvalue weighted by Gasteiger charge is 2.23. The molecule has 0 bridgehead atoms. The second-order valence-corrected chi connectivity index (χ2v) is 7.01. The lowest BCUT2D eigenvalue weighted by molar-refractivity contribution is 0.133. The first-order valence-electron chi connectivity index (χ1n) is 9.72. The van der Waals surface area contributed by atoms with E-state index in [1.54, 1.807) is 0 Å². The van der Waals surface area contributed by atoms with Crippen LogP contribution in [0.2, 0.25) is 0 Å². The number of aromatic nitrogens is 2. The first kappa shape index (κ1) is 18.4. The monoisotopic (exact) mass is 318 g/mol. The Bertz CT molecular complexity index is 410. The van der Waals surface area contributed by atoms with Gasteiger partial charge in [0.2, 0.25) is 0 Å². The lowest BCUT2D eigenvalue weighted by atomic mass is 9.79. The number of unbranched alkanes of at least 4 members (excludes halogenated alkanes) is 4. The fourth-order valence-electron chi connectivity index (χ4n) is 3.62. The Hall–Kier alpha value is -0.960. The summed E-state index contributed by atoms with van der Waals surface area (Å²) in [5, 5.41) is 0. The number of rotatable bonds is 10. The zero-order valence-electron chi connectivity index (χ0n) is 15.1. The molecule has 1 aliphatic carbocycles. The maximum absolute atomic E-state index is 5.40. The minimum Gasteiger partial charge on any atom is -0.377 e. The van der Waals surface area contributed by atoms with E-state index < -0.39 is 0 Å². The molecule has 1 aliphatic rings. The van der Waals surface area contributed by atoms with Crippen LogP contribution < -0.4 is 0 Å². The van der Waals surface area contributed by atoms with E-state index in [0.717, 1.165) is 23.9 Å². The summed E-state index contributed by atoms with van der Waals surface area (Å²) in [6.45, 7) is 5.66. The quantitative estimate of drug-likeness (QED) is 0.523. The summed E-state index contributed by atoms with van der Waals surface area (Å²) in [6, 6.07) is 0. The Morgan fingerprint density at radius 2 is 1.65 bits per heavy atom. The Morgan fingerprint density at radius 3 is 2.30 bits per heavy atom. The molecule has 0 aliphatic heterocycles. The summed E-state index contributed by atoms with van der Waals surface area (Å²) < 4.78 is 5.40. The number of hydrogen-bond acceptors (Lipinski definition) is 3. The van der Waals surface area contributed by atoms with Crippen molar-refractivity contribution in [1.29, 1.82) is 0 Å². The van der Waals surface area contributed by atoms with Crippen molar-refractivity contribution in [2.75, 3.05) is 6.61 Å². The Kier molecular flexibility index (Phi) is 8.59.